The number of pyridine rings is 1. The van der Waals surface area contributed by atoms with Gasteiger partial charge in [0.1, 0.15) is 22.9 Å². The molecular formula is C58H42N4O2. The molecule has 4 aromatic heterocycles. The lowest BCUT2D eigenvalue weighted by atomic mass is 9.88. The van der Waals surface area contributed by atoms with Crippen molar-refractivity contribution in [1.82, 2.24) is 14.1 Å². The SMILES string of the molecule is [2H]c1c([2H])c([2H])c(-c2cccc(-c3c([2H])c([2H])c([2H])c([2H])c3[2H])c2-[n+]2[c-]n(-c3cccc(Oc4ccc5c6ccc7c8ccccc8oc7c6n(-c6cc(C(C)(C)C)ccn6)c5c4)c3)c3ccccc32)c([2H])c1[2H]. The number of para-hydroxylation sites is 4. The minimum atomic E-state index is -0.570. The minimum Gasteiger partial charge on any atom is -0.458 e. The first kappa shape index (κ1) is 28.4. The minimum absolute atomic E-state index is 0.135. The van der Waals surface area contributed by atoms with Gasteiger partial charge in [-0.15, -0.1) is 0 Å². The highest BCUT2D eigenvalue weighted by Crippen LogP contribution is 2.42. The maximum absolute atomic E-state index is 9.04. The zero-order valence-electron chi connectivity index (χ0n) is 44.9. The number of benzene rings is 8. The van der Waals surface area contributed by atoms with Gasteiger partial charge in [0.05, 0.1) is 47.1 Å². The molecule has 0 saturated carbocycles. The molecule has 6 nitrogen and oxygen atoms in total. The van der Waals surface area contributed by atoms with E-state index in [-0.39, 0.29) is 33.4 Å². The number of aromatic nitrogens is 4. The average Bonchev–Trinajstić information content (AvgIpc) is 4.09. The lowest BCUT2D eigenvalue weighted by molar-refractivity contribution is -0.571. The molecule has 0 N–H and O–H groups in total. The van der Waals surface area contributed by atoms with Crippen LogP contribution >= 0.6 is 0 Å². The normalized spacial score (nSPS) is 14.2. The van der Waals surface area contributed by atoms with Gasteiger partial charge >= 0.3 is 0 Å². The van der Waals surface area contributed by atoms with Crippen LogP contribution in [-0.2, 0) is 5.41 Å². The monoisotopic (exact) mass is 836 g/mol. The summed E-state index contributed by atoms with van der Waals surface area (Å²) in [6.07, 6.45) is 5.29. The first-order valence-electron chi connectivity index (χ1n) is 25.9. The van der Waals surface area contributed by atoms with E-state index < -0.39 is 60.4 Å². The molecule has 0 fully saturated rings. The number of hydrogen-bond acceptors (Lipinski definition) is 3. The Morgan fingerprint density at radius 1 is 0.625 bits per heavy atom. The van der Waals surface area contributed by atoms with E-state index in [0.29, 0.717) is 28.2 Å². The summed E-state index contributed by atoms with van der Waals surface area (Å²) >= 11 is 0. The summed E-state index contributed by atoms with van der Waals surface area (Å²) in [4.78, 5) is 4.94. The van der Waals surface area contributed by atoms with Crippen LogP contribution in [0.4, 0.5) is 0 Å². The van der Waals surface area contributed by atoms with Gasteiger partial charge in [-0.2, -0.15) is 0 Å². The first-order valence-corrected chi connectivity index (χ1v) is 20.9. The Hall–Kier alpha value is -8.22. The lowest BCUT2D eigenvalue weighted by Gasteiger charge is -2.20. The predicted molar refractivity (Wildman–Crippen MR) is 259 cm³/mol. The number of fused-ring (bicyclic) bond motifs is 8. The predicted octanol–water partition coefficient (Wildman–Crippen LogP) is 14.5. The summed E-state index contributed by atoms with van der Waals surface area (Å²) in [6, 6.07) is 36.8. The zero-order chi connectivity index (χ0) is 51.6. The van der Waals surface area contributed by atoms with Crippen LogP contribution in [0.15, 0.2) is 204 Å². The Kier molecular flexibility index (Phi) is 6.53. The molecule has 0 unspecified atom stereocenters. The molecule has 0 bridgehead atoms. The zero-order valence-corrected chi connectivity index (χ0v) is 34.9. The number of rotatable bonds is 7. The van der Waals surface area contributed by atoms with E-state index >= 15 is 0 Å². The first-order chi connectivity index (χ1) is 35.5. The van der Waals surface area contributed by atoms with Crippen molar-refractivity contribution in [2.24, 2.45) is 0 Å². The summed E-state index contributed by atoms with van der Waals surface area (Å²) in [6.45, 7) is 6.53. The molecule has 306 valence electrons. The molecule has 12 aromatic rings. The van der Waals surface area contributed by atoms with Crippen LogP contribution in [-0.4, -0.2) is 14.1 Å². The van der Waals surface area contributed by atoms with Crippen LogP contribution in [0.5, 0.6) is 11.5 Å². The third kappa shape index (κ3) is 6.17. The third-order valence-electron chi connectivity index (χ3n) is 11.8. The second-order valence-electron chi connectivity index (χ2n) is 16.7. The van der Waals surface area contributed by atoms with Gasteiger partial charge in [0.25, 0.3) is 6.33 Å². The molecule has 0 aliphatic rings. The van der Waals surface area contributed by atoms with Crippen LogP contribution < -0.4 is 9.30 Å². The molecule has 6 heteroatoms. The summed E-state index contributed by atoms with van der Waals surface area (Å²) in [5.41, 5.74) is 6.29. The van der Waals surface area contributed by atoms with E-state index in [4.69, 9.17) is 27.8 Å². The van der Waals surface area contributed by atoms with Gasteiger partial charge in [0, 0.05) is 33.8 Å². The quantitative estimate of drug-likeness (QED) is 0.119. The van der Waals surface area contributed by atoms with Crippen LogP contribution in [0.2, 0.25) is 0 Å². The number of ether oxygens (including phenoxy) is 1. The summed E-state index contributed by atoms with van der Waals surface area (Å²) < 4.78 is 106. The van der Waals surface area contributed by atoms with Gasteiger partial charge in [0.2, 0.25) is 0 Å². The van der Waals surface area contributed by atoms with Gasteiger partial charge in [-0.05, 0) is 87.8 Å². The highest BCUT2D eigenvalue weighted by Gasteiger charge is 2.23. The van der Waals surface area contributed by atoms with Crippen molar-refractivity contribution in [2.75, 3.05) is 0 Å². The molecule has 0 radical (unpaired) electrons. The van der Waals surface area contributed by atoms with Crippen LogP contribution in [0.25, 0.3) is 94.2 Å². The summed E-state index contributed by atoms with van der Waals surface area (Å²) in [5.74, 6) is 1.78. The van der Waals surface area contributed by atoms with Crippen molar-refractivity contribution in [3.8, 4) is 50.9 Å². The van der Waals surface area contributed by atoms with E-state index in [0.717, 1.165) is 55.1 Å². The largest absolute Gasteiger partial charge is 0.458 e. The molecule has 0 aliphatic carbocycles. The Balaban J connectivity index is 1.03. The molecule has 0 spiro atoms. The Morgan fingerprint density at radius 2 is 1.31 bits per heavy atom. The molecule has 0 saturated heterocycles. The van der Waals surface area contributed by atoms with Gasteiger partial charge < -0.3 is 9.15 Å². The Bertz CT molecular complexity index is 4220. The standard InChI is InChI=1S/C58H42N4O2/c1-58(2,3)40-32-33-59-54(34-40)62-52-36-43(28-29-46(52)48-30-31-49-47-22-10-13-27-53(47)64-57(49)56(48)62)63-42-21-14-20-41(35-42)60-37-61(51-26-12-11-25-50(51)60)55-44(38-16-6-4-7-17-38)23-15-24-45(55)39-18-8-5-9-19-39/h4-36H,1-3H3/i4D,5D,6D,7D,8D,9D,16D,17D,18D,19D. The maximum atomic E-state index is 9.04. The van der Waals surface area contributed by atoms with Crippen LogP contribution in [0, 0.1) is 6.33 Å². The van der Waals surface area contributed by atoms with Gasteiger partial charge in [0.15, 0.2) is 5.58 Å². The fraction of sp³-hybridized carbons (Fsp3) is 0.0690. The van der Waals surface area contributed by atoms with Crippen molar-refractivity contribution < 1.29 is 27.4 Å². The molecule has 0 aliphatic heterocycles. The average molecular weight is 837 g/mol. The van der Waals surface area contributed by atoms with E-state index in [9.17, 15) is 0 Å². The van der Waals surface area contributed by atoms with Crippen molar-refractivity contribution in [1.29, 1.82) is 0 Å². The summed E-state index contributed by atoms with van der Waals surface area (Å²) in [5, 5.41) is 3.99. The van der Waals surface area contributed by atoms with E-state index in [1.165, 1.54) is 0 Å². The highest BCUT2D eigenvalue weighted by molar-refractivity contribution is 6.21. The van der Waals surface area contributed by atoms with E-state index in [2.05, 4.69) is 55.9 Å². The summed E-state index contributed by atoms with van der Waals surface area (Å²) in [7, 11) is 0. The second-order valence-corrected chi connectivity index (χ2v) is 16.7. The van der Waals surface area contributed by atoms with E-state index in [1.54, 1.807) is 27.3 Å². The molecular weight excluding hydrogens is 785 g/mol. The highest BCUT2D eigenvalue weighted by atomic mass is 16.5. The number of hydrogen-bond donors (Lipinski definition) is 0. The van der Waals surface area contributed by atoms with Crippen LogP contribution in [0.1, 0.15) is 40.0 Å². The molecule has 0 atom stereocenters. The molecule has 8 aromatic carbocycles. The van der Waals surface area contributed by atoms with Crippen molar-refractivity contribution >= 4 is 54.8 Å². The van der Waals surface area contributed by atoms with Crippen molar-refractivity contribution in [3.63, 3.8) is 0 Å². The van der Waals surface area contributed by atoms with Crippen molar-refractivity contribution in [3.05, 3.63) is 212 Å². The Morgan fingerprint density at radius 3 is 2.09 bits per heavy atom. The molecule has 4 heterocycles. The smallest absolute Gasteiger partial charge is 0.269 e. The van der Waals surface area contributed by atoms with Gasteiger partial charge in [-0.25, -0.2) is 4.98 Å². The second kappa shape index (κ2) is 14.7. The topological polar surface area (TPSA) is 49.0 Å². The number of furan rings is 1. The third-order valence-corrected chi connectivity index (χ3v) is 11.8. The molecule has 64 heavy (non-hydrogen) atoms. The van der Waals surface area contributed by atoms with Crippen molar-refractivity contribution in [2.45, 2.75) is 26.2 Å². The van der Waals surface area contributed by atoms with Gasteiger partial charge in [-0.3, -0.25) is 13.7 Å². The van der Waals surface area contributed by atoms with E-state index in [1.807, 2.05) is 97.2 Å². The van der Waals surface area contributed by atoms with Gasteiger partial charge in [-0.1, -0.05) is 154 Å². The lowest BCUT2D eigenvalue weighted by Crippen LogP contribution is -2.31. The van der Waals surface area contributed by atoms with Crippen LogP contribution in [0.3, 0.4) is 0 Å². The fourth-order valence-corrected chi connectivity index (χ4v) is 8.76. The fourth-order valence-electron chi connectivity index (χ4n) is 8.76. The maximum Gasteiger partial charge on any atom is 0.269 e. The number of nitrogens with zero attached hydrogens (tertiary/aromatic N) is 4. The Labute approximate surface area is 384 Å². The molecule has 12 rings (SSSR count). The molecule has 0 amide bonds. The number of imidazole rings is 1.